The molecule has 1 aromatic carbocycles. The molecule has 0 unspecified atom stereocenters. The third kappa shape index (κ3) is 3.10. The zero-order chi connectivity index (χ0) is 13.1. The van der Waals surface area contributed by atoms with Gasteiger partial charge in [0.2, 0.25) is 0 Å². The Bertz CT molecular complexity index is 427. The maximum atomic E-state index is 5.44. The minimum atomic E-state index is 0.683. The van der Waals surface area contributed by atoms with Gasteiger partial charge in [-0.1, -0.05) is 12.1 Å². The Morgan fingerprint density at radius 3 is 3.00 bits per heavy atom. The second kappa shape index (κ2) is 5.93. The second-order valence-corrected chi connectivity index (χ2v) is 5.78. The van der Waals surface area contributed by atoms with Crippen molar-refractivity contribution in [1.82, 2.24) is 4.90 Å². The monoisotopic (exact) mass is 260 g/mol. The van der Waals surface area contributed by atoms with Crippen molar-refractivity contribution >= 4 is 5.69 Å². The number of fused-ring (bicyclic) bond motifs is 1. The summed E-state index contributed by atoms with van der Waals surface area (Å²) in [4.78, 5) is 2.49. The topological polar surface area (TPSA) is 24.5 Å². The molecule has 0 aromatic heterocycles. The van der Waals surface area contributed by atoms with Gasteiger partial charge in [-0.05, 0) is 49.9 Å². The Labute approximate surface area is 115 Å². The number of anilines is 1. The van der Waals surface area contributed by atoms with Gasteiger partial charge in [0, 0.05) is 38.0 Å². The molecule has 1 aromatic rings. The Kier molecular flexibility index (Phi) is 4.04. The van der Waals surface area contributed by atoms with Crippen LogP contribution in [0.3, 0.4) is 0 Å². The van der Waals surface area contributed by atoms with Gasteiger partial charge in [0.05, 0.1) is 0 Å². The van der Waals surface area contributed by atoms with E-state index < -0.39 is 0 Å². The van der Waals surface area contributed by atoms with Crippen LogP contribution in [0, 0.1) is 0 Å². The molecule has 19 heavy (non-hydrogen) atoms. The molecule has 1 saturated heterocycles. The Hall–Kier alpha value is -1.06. The zero-order valence-electron chi connectivity index (χ0n) is 11.8. The summed E-state index contributed by atoms with van der Waals surface area (Å²) in [5.74, 6) is 0. The molecule has 104 valence electrons. The third-order valence-electron chi connectivity index (χ3n) is 4.35. The van der Waals surface area contributed by atoms with Crippen LogP contribution in [0.15, 0.2) is 18.2 Å². The lowest BCUT2D eigenvalue weighted by Gasteiger charge is -2.31. The molecule has 0 spiro atoms. The molecule has 0 atom stereocenters. The van der Waals surface area contributed by atoms with Crippen LogP contribution in [0.2, 0.25) is 0 Å². The van der Waals surface area contributed by atoms with E-state index in [-0.39, 0.29) is 0 Å². The summed E-state index contributed by atoms with van der Waals surface area (Å²) in [6.07, 6.45) is 4.81. The predicted molar refractivity (Wildman–Crippen MR) is 78.6 cm³/mol. The van der Waals surface area contributed by atoms with Crippen molar-refractivity contribution in [1.29, 1.82) is 0 Å². The van der Waals surface area contributed by atoms with E-state index in [0.717, 1.165) is 26.3 Å². The van der Waals surface area contributed by atoms with Crippen LogP contribution in [-0.4, -0.2) is 37.7 Å². The van der Waals surface area contributed by atoms with E-state index in [4.69, 9.17) is 4.74 Å². The molecule has 1 fully saturated rings. The zero-order valence-corrected chi connectivity index (χ0v) is 11.8. The lowest BCUT2D eigenvalue weighted by atomic mass is 10.00. The van der Waals surface area contributed by atoms with Crippen molar-refractivity contribution in [2.45, 2.75) is 38.3 Å². The van der Waals surface area contributed by atoms with Gasteiger partial charge in [-0.15, -0.1) is 0 Å². The number of hydrogen-bond donors (Lipinski definition) is 1. The van der Waals surface area contributed by atoms with Crippen LogP contribution in [-0.2, 0) is 17.7 Å². The molecule has 0 saturated carbocycles. The number of rotatable bonds is 3. The van der Waals surface area contributed by atoms with Gasteiger partial charge in [-0.2, -0.15) is 0 Å². The van der Waals surface area contributed by atoms with Crippen molar-refractivity contribution in [2.24, 2.45) is 0 Å². The molecular weight excluding hydrogens is 236 g/mol. The Balaban J connectivity index is 1.65. The second-order valence-electron chi connectivity index (χ2n) is 5.78. The fraction of sp³-hybridized carbons (Fsp3) is 0.625. The van der Waals surface area contributed by atoms with Gasteiger partial charge in [-0.25, -0.2) is 0 Å². The lowest BCUT2D eigenvalue weighted by molar-refractivity contribution is 0.0407. The van der Waals surface area contributed by atoms with Crippen LogP contribution in [0.4, 0.5) is 5.69 Å². The number of hydrogen-bond acceptors (Lipinski definition) is 3. The van der Waals surface area contributed by atoms with E-state index in [9.17, 15) is 0 Å². The fourth-order valence-corrected chi connectivity index (χ4v) is 3.17. The molecule has 2 heterocycles. The summed E-state index contributed by atoms with van der Waals surface area (Å²) in [6, 6.07) is 7.59. The van der Waals surface area contributed by atoms with Crippen molar-refractivity contribution < 1.29 is 4.74 Å². The minimum absolute atomic E-state index is 0.683. The number of benzene rings is 1. The largest absolute Gasteiger partial charge is 0.385 e. The van der Waals surface area contributed by atoms with Crippen molar-refractivity contribution in [2.75, 3.05) is 32.1 Å². The third-order valence-corrected chi connectivity index (χ3v) is 4.35. The molecule has 0 amide bonds. The molecule has 1 N–H and O–H groups in total. The predicted octanol–water partition coefficient (Wildman–Crippen LogP) is 2.66. The van der Waals surface area contributed by atoms with Crippen molar-refractivity contribution in [3.63, 3.8) is 0 Å². The summed E-state index contributed by atoms with van der Waals surface area (Å²) < 4.78 is 5.44. The molecule has 3 nitrogen and oxygen atoms in total. The molecule has 3 heteroatoms. The first-order valence-electron chi connectivity index (χ1n) is 7.46. The SMILES string of the molecule is CN(Cc1ccc2c(c1)CCCN2)C1CCOCC1. The first kappa shape index (κ1) is 12.9. The maximum absolute atomic E-state index is 5.44. The van der Waals surface area contributed by atoms with E-state index in [1.165, 1.54) is 42.5 Å². The standard InChI is InChI=1S/C16H24N2O/c1-18(15-6-9-19-10-7-15)12-13-4-5-16-14(11-13)3-2-8-17-16/h4-5,11,15,17H,2-3,6-10,12H2,1H3. The quantitative estimate of drug-likeness (QED) is 0.904. The van der Waals surface area contributed by atoms with Crippen LogP contribution in [0.5, 0.6) is 0 Å². The van der Waals surface area contributed by atoms with Crippen LogP contribution >= 0.6 is 0 Å². The van der Waals surface area contributed by atoms with Crippen LogP contribution < -0.4 is 5.32 Å². The fourth-order valence-electron chi connectivity index (χ4n) is 3.17. The highest BCUT2D eigenvalue weighted by atomic mass is 16.5. The van der Waals surface area contributed by atoms with Gasteiger partial charge < -0.3 is 10.1 Å². The average Bonchev–Trinajstić information content (AvgIpc) is 2.48. The van der Waals surface area contributed by atoms with E-state index >= 15 is 0 Å². The molecular formula is C16H24N2O. The lowest BCUT2D eigenvalue weighted by Crippen LogP contribution is -2.36. The van der Waals surface area contributed by atoms with Gasteiger partial charge in [0.25, 0.3) is 0 Å². The number of nitrogens with zero attached hydrogens (tertiary/aromatic N) is 1. The summed E-state index contributed by atoms with van der Waals surface area (Å²) in [6.45, 7) is 4.01. The van der Waals surface area contributed by atoms with Gasteiger partial charge in [0.1, 0.15) is 0 Å². The van der Waals surface area contributed by atoms with Gasteiger partial charge >= 0.3 is 0 Å². The van der Waals surface area contributed by atoms with E-state index in [1.807, 2.05) is 0 Å². The van der Waals surface area contributed by atoms with Crippen LogP contribution in [0.1, 0.15) is 30.4 Å². The summed E-state index contributed by atoms with van der Waals surface area (Å²) in [5.41, 5.74) is 4.27. The number of ether oxygens (including phenoxy) is 1. The average molecular weight is 260 g/mol. The molecule has 0 aliphatic carbocycles. The summed E-state index contributed by atoms with van der Waals surface area (Å²) in [5, 5.41) is 3.48. The first-order chi connectivity index (χ1) is 9.33. The molecule has 3 rings (SSSR count). The summed E-state index contributed by atoms with van der Waals surface area (Å²) in [7, 11) is 2.24. The highest BCUT2D eigenvalue weighted by molar-refractivity contribution is 5.54. The Morgan fingerprint density at radius 1 is 1.32 bits per heavy atom. The van der Waals surface area contributed by atoms with Gasteiger partial charge in [-0.3, -0.25) is 4.90 Å². The molecule has 2 aliphatic rings. The molecule has 0 radical (unpaired) electrons. The van der Waals surface area contributed by atoms with Crippen molar-refractivity contribution in [3.05, 3.63) is 29.3 Å². The van der Waals surface area contributed by atoms with E-state index in [2.05, 4.69) is 35.5 Å². The normalized spacial score (nSPS) is 20.1. The highest BCUT2D eigenvalue weighted by Gasteiger charge is 2.18. The Morgan fingerprint density at radius 2 is 2.16 bits per heavy atom. The van der Waals surface area contributed by atoms with Gasteiger partial charge in [0.15, 0.2) is 0 Å². The van der Waals surface area contributed by atoms with E-state index in [0.29, 0.717) is 6.04 Å². The number of aryl methyl sites for hydroxylation is 1. The minimum Gasteiger partial charge on any atom is -0.385 e. The summed E-state index contributed by atoms with van der Waals surface area (Å²) >= 11 is 0. The number of nitrogens with one attached hydrogen (secondary N) is 1. The molecule has 0 bridgehead atoms. The maximum Gasteiger partial charge on any atom is 0.0480 e. The van der Waals surface area contributed by atoms with E-state index in [1.54, 1.807) is 0 Å². The molecule has 2 aliphatic heterocycles. The smallest absolute Gasteiger partial charge is 0.0480 e. The van der Waals surface area contributed by atoms with Crippen LogP contribution in [0.25, 0.3) is 0 Å². The highest BCUT2D eigenvalue weighted by Crippen LogP contribution is 2.24. The first-order valence-corrected chi connectivity index (χ1v) is 7.46. The van der Waals surface area contributed by atoms with Crippen molar-refractivity contribution in [3.8, 4) is 0 Å².